The van der Waals surface area contributed by atoms with Crippen LogP contribution in [0.1, 0.15) is 5.56 Å². The number of hydrogen-bond donors (Lipinski definition) is 2. The van der Waals surface area contributed by atoms with Gasteiger partial charge in [0, 0.05) is 28.5 Å². The molecule has 3 aromatic rings. The van der Waals surface area contributed by atoms with E-state index in [4.69, 9.17) is 11.6 Å². The molecule has 21 heavy (non-hydrogen) atoms. The highest BCUT2D eigenvalue weighted by Gasteiger charge is 2.02. The minimum absolute atomic E-state index is 0.722. The highest BCUT2D eigenvalue weighted by atomic mass is 79.9. The number of aromatic nitrogens is 2. The van der Waals surface area contributed by atoms with Crippen LogP contribution in [0.5, 0.6) is 0 Å². The summed E-state index contributed by atoms with van der Waals surface area (Å²) in [5.74, 6) is 0. The Morgan fingerprint density at radius 2 is 2.05 bits per heavy atom. The van der Waals surface area contributed by atoms with Gasteiger partial charge in [-0.1, -0.05) is 29.8 Å². The first-order valence-corrected chi connectivity index (χ1v) is 7.67. The van der Waals surface area contributed by atoms with Gasteiger partial charge >= 0.3 is 0 Å². The quantitative estimate of drug-likeness (QED) is 0.677. The normalized spacial score (nSPS) is 10.6. The molecule has 0 saturated carbocycles. The maximum absolute atomic E-state index is 6.10. The van der Waals surface area contributed by atoms with Gasteiger partial charge in [0.15, 0.2) is 0 Å². The lowest BCUT2D eigenvalue weighted by atomic mass is 10.1. The average molecular weight is 363 g/mol. The highest BCUT2D eigenvalue weighted by Crippen LogP contribution is 2.24. The van der Waals surface area contributed by atoms with E-state index in [9.17, 15) is 0 Å². The minimum Gasteiger partial charge on any atom is -0.381 e. The van der Waals surface area contributed by atoms with Crippen molar-refractivity contribution in [1.82, 2.24) is 10.2 Å². The summed E-state index contributed by atoms with van der Waals surface area (Å²) in [5.41, 5.74) is 4.30. The van der Waals surface area contributed by atoms with E-state index in [0.29, 0.717) is 0 Å². The second-order valence-corrected chi connectivity index (χ2v) is 5.91. The molecular weight excluding hydrogens is 350 g/mol. The van der Waals surface area contributed by atoms with E-state index < -0.39 is 0 Å². The summed E-state index contributed by atoms with van der Waals surface area (Å²) in [6.45, 7) is 0.722. The summed E-state index contributed by atoms with van der Waals surface area (Å²) in [4.78, 5) is 0. The Hall–Kier alpha value is -1.78. The number of nitrogens with one attached hydrogen (secondary N) is 2. The molecule has 106 valence electrons. The first-order chi connectivity index (χ1) is 10.2. The lowest BCUT2D eigenvalue weighted by molar-refractivity contribution is 1.09. The lowest BCUT2D eigenvalue weighted by Gasteiger charge is -2.09. The molecule has 0 fully saturated rings. The van der Waals surface area contributed by atoms with Crippen LogP contribution in [0.15, 0.2) is 59.2 Å². The molecule has 0 spiro atoms. The van der Waals surface area contributed by atoms with Crippen molar-refractivity contribution in [3.05, 3.63) is 69.8 Å². The monoisotopic (exact) mass is 361 g/mol. The minimum atomic E-state index is 0.722. The molecule has 0 bridgehead atoms. The molecule has 3 rings (SSSR count). The highest BCUT2D eigenvalue weighted by molar-refractivity contribution is 9.10. The van der Waals surface area contributed by atoms with Crippen molar-refractivity contribution in [2.45, 2.75) is 6.54 Å². The predicted molar refractivity (Wildman–Crippen MR) is 90.5 cm³/mol. The summed E-state index contributed by atoms with van der Waals surface area (Å²) in [5, 5.41) is 11.1. The molecule has 0 amide bonds. The number of hydrogen-bond acceptors (Lipinski definition) is 2. The number of anilines is 1. The summed E-state index contributed by atoms with van der Waals surface area (Å²) < 4.78 is 0.911. The van der Waals surface area contributed by atoms with Gasteiger partial charge in [0.25, 0.3) is 0 Å². The van der Waals surface area contributed by atoms with E-state index in [1.807, 2.05) is 36.4 Å². The van der Waals surface area contributed by atoms with Crippen molar-refractivity contribution in [2.75, 3.05) is 5.32 Å². The van der Waals surface area contributed by atoms with Crippen molar-refractivity contribution in [1.29, 1.82) is 0 Å². The molecule has 5 heteroatoms. The Labute approximate surface area is 136 Å². The zero-order valence-corrected chi connectivity index (χ0v) is 13.4. The second-order valence-electron chi connectivity index (χ2n) is 4.65. The number of rotatable bonds is 4. The molecule has 0 atom stereocenters. The molecule has 0 unspecified atom stereocenters. The molecule has 0 aliphatic rings. The predicted octanol–water partition coefficient (Wildman–Crippen LogP) is 5.10. The van der Waals surface area contributed by atoms with E-state index in [1.165, 1.54) is 0 Å². The Bertz CT molecular complexity index is 741. The van der Waals surface area contributed by atoms with Crippen molar-refractivity contribution in [2.24, 2.45) is 0 Å². The third kappa shape index (κ3) is 3.46. The number of H-pyrrole nitrogens is 1. The Morgan fingerprint density at radius 3 is 2.81 bits per heavy atom. The maximum atomic E-state index is 6.10. The summed E-state index contributed by atoms with van der Waals surface area (Å²) in [6.07, 6.45) is 1.75. The fourth-order valence-corrected chi connectivity index (χ4v) is 2.52. The fourth-order valence-electron chi connectivity index (χ4n) is 2.07. The van der Waals surface area contributed by atoms with Gasteiger partial charge in [0.1, 0.15) is 0 Å². The van der Waals surface area contributed by atoms with Gasteiger partial charge < -0.3 is 5.32 Å². The first-order valence-electron chi connectivity index (χ1n) is 6.50. The van der Waals surface area contributed by atoms with E-state index in [-0.39, 0.29) is 0 Å². The fraction of sp³-hybridized carbons (Fsp3) is 0.0625. The molecule has 2 N–H and O–H groups in total. The molecular formula is C16H13BrClN3. The number of aromatic amines is 1. The molecule has 0 radical (unpaired) electrons. The number of nitrogens with zero attached hydrogens (tertiary/aromatic N) is 1. The van der Waals surface area contributed by atoms with Crippen molar-refractivity contribution in [3.8, 4) is 11.3 Å². The van der Waals surface area contributed by atoms with Crippen LogP contribution in [-0.2, 0) is 6.54 Å². The van der Waals surface area contributed by atoms with Gasteiger partial charge in [-0.15, -0.1) is 0 Å². The zero-order chi connectivity index (χ0) is 14.7. The second kappa shape index (κ2) is 6.33. The molecule has 1 heterocycles. The van der Waals surface area contributed by atoms with Crippen LogP contribution >= 0.6 is 27.5 Å². The number of halogens is 2. The van der Waals surface area contributed by atoms with Crippen LogP contribution in [0, 0.1) is 0 Å². The summed E-state index contributed by atoms with van der Waals surface area (Å²) >= 11 is 9.50. The summed E-state index contributed by atoms with van der Waals surface area (Å²) in [6, 6.07) is 16.1. The van der Waals surface area contributed by atoms with Crippen LogP contribution < -0.4 is 5.32 Å². The van der Waals surface area contributed by atoms with E-state index in [0.717, 1.165) is 38.5 Å². The molecule has 3 nitrogen and oxygen atoms in total. The van der Waals surface area contributed by atoms with Crippen molar-refractivity contribution < 1.29 is 0 Å². The van der Waals surface area contributed by atoms with Crippen LogP contribution in [0.25, 0.3) is 11.3 Å². The lowest BCUT2D eigenvalue weighted by Crippen LogP contribution is -1.99. The largest absolute Gasteiger partial charge is 0.381 e. The Balaban J connectivity index is 1.73. The van der Waals surface area contributed by atoms with Gasteiger partial charge in [-0.25, -0.2) is 0 Å². The van der Waals surface area contributed by atoms with Crippen LogP contribution in [0.4, 0.5) is 5.69 Å². The van der Waals surface area contributed by atoms with E-state index in [1.54, 1.807) is 6.20 Å². The van der Waals surface area contributed by atoms with Gasteiger partial charge in [-0.3, -0.25) is 5.10 Å². The molecule has 1 aromatic heterocycles. The molecule has 0 aliphatic heterocycles. The van der Waals surface area contributed by atoms with Gasteiger partial charge in [0.2, 0.25) is 0 Å². The van der Waals surface area contributed by atoms with Gasteiger partial charge in [0.05, 0.1) is 10.7 Å². The Morgan fingerprint density at radius 1 is 1.14 bits per heavy atom. The first kappa shape index (κ1) is 14.2. The van der Waals surface area contributed by atoms with Gasteiger partial charge in [-0.2, -0.15) is 5.10 Å². The number of benzene rings is 2. The standard InChI is InChI=1S/C16H13BrClN3/c17-14-5-4-11(8-15(14)18)10-19-13-3-1-2-12(9-13)16-6-7-20-21-16/h1-9,19H,10H2,(H,20,21). The van der Waals surface area contributed by atoms with Crippen LogP contribution in [0.2, 0.25) is 5.02 Å². The SMILES string of the molecule is Clc1cc(CNc2cccc(-c3ccn[nH]3)c2)ccc1Br. The zero-order valence-electron chi connectivity index (χ0n) is 11.1. The van der Waals surface area contributed by atoms with Crippen LogP contribution in [-0.4, -0.2) is 10.2 Å². The maximum Gasteiger partial charge on any atom is 0.0650 e. The van der Waals surface area contributed by atoms with E-state index in [2.05, 4.69) is 43.6 Å². The average Bonchev–Trinajstić information content (AvgIpc) is 3.03. The summed E-state index contributed by atoms with van der Waals surface area (Å²) in [7, 11) is 0. The van der Waals surface area contributed by atoms with Crippen LogP contribution in [0.3, 0.4) is 0 Å². The Kier molecular flexibility index (Phi) is 4.27. The topological polar surface area (TPSA) is 40.7 Å². The van der Waals surface area contributed by atoms with Gasteiger partial charge in [-0.05, 0) is 51.8 Å². The third-order valence-electron chi connectivity index (χ3n) is 3.15. The molecule has 0 aliphatic carbocycles. The molecule has 2 aromatic carbocycles. The van der Waals surface area contributed by atoms with Crippen molar-refractivity contribution in [3.63, 3.8) is 0 Å². The van der Waals surface area contributed by atoms with Crippen molar-refractivity contribution >= 4 is 33.2 Å². The molecule has 0 saturated heterocycles. The third-order valence-corrected chi connectivity index (χ3v) is 4.39. The smallest absolute Gasteiger partial charge is 0.0650 e. The van der Waals surface area contributed by atoms with E-state index >= 15 is 0 Å².